The molecule has 0 radical (unpaired) electrons. The molecule has 0 aliphatic heterocycles. The number of rotatable bonds is 18. The lowest BCUT2D eigenvalue weighted by molar-refractivity contribution is -0.0678. The lowest BCUT2D eigenvalue weighted by atomic mass is 9.92. The molecule has 196 valence electrons. The molecule has 1 N–H and O–H groups in total. The predicted octanol–water partition coefficient (Wildman–Crippen LogP) is 7.75. The zero-order valence-electron chi connectivity index (χ0n) is 23.0. The van der Waals surface area contributed by atoms with Crippen molar-refractivity contribution in [3.63, 3.8) is 0 Å². The molecule has 5 nitrogen and oxygen atoms in total. The molecule has 3 unspecified atom stereocenters. The van der Waals surface area contributed by atoms with E-state index in [9.17, 15) is 5.11 Å². The average molecular weight is 479 g/mol. The van der Waals surface area contributed by atoms with Gasteiger partial charge in [-0.25, -0.2) is 0 Å². The molecule has 0 saturated heterocycles. The Morgan fingerprint density at radius 3 is 1.94 bits per heavy atom. The minimum Gasteiger partial charge on any atom is -0.465 e. The molecule has 0 aliphatic carbocycles. The summed E-state index contributed by atoms with van der Waals surface area (Å²) in [6, 6.07) is 4.10. The zero-order valence-corrected chi connectivity index (χ0v) is 23.0. The number of ether oxygens (including phenoxy) is 4. The maximum atomic E-state index is 11.4. The van der Waals surface area contributed by atoms with E-state index in [-0.39, 0.29) is 0 Å². The first kappa shape index (κ1) is 30.5. The quantitative estimate of drug-likeness (QED) is 0.133. The predicted molar refractivity (Wildman–Crippen MR) is 141 cm³/mol. The van der Waals surface area contributed by atoms with Crippen LogP contribution >= 0.6 is 0 Å². The minimum absolute atomic E-state index is 0.351. The highest BCUT2D eigenvalue weighted by Crippen LogP contribution is 2.40. The minimum atomic E-state index is -0.709. The van der Waals surface area contributed by atoms with E-state index in [1.54, 1.807) is 0 Å². The van der Waals surface area contributed by atoms with Gasteiger partial charge in [0.25, 0.3) is 0 Å². The summed E-state index contributed by atoms with van der Waals surface area (Å²) in [6.45, 7) is 17.4. The fourth-order valence-electron chi connectivity index (χ4n) is 4.07. The van der Waals surface area contributed by atoms with Gasteiger partial charge in [-0.05, 0) is 97.3 Å². The van der Waals surface area contributed by atoms with Crippen LogP contribution in [0, 0.1) is 5.92 Å². The van der Waals surface area contributed by atoms with Crippen molar-refractivity contribution in [1.82, 2.24) is 0 Å². The summed E-state index contributed by atoms with van der Waals surface area (Å²) in [5.74, 6) is 1.62. The second-order valence-corrected chi connectivity index (χ2v) is 9.46. The van der Waals surface area contributed by atoms with Gasteiger partial charge in [0.15, 0.2) is 12.6 Å². The number of hydrogen-bond acceptors (Lipinski definition) is 5. The number of aliphatic hydroxyl groups excluding tert-OH is 1. The van der Waals surface area contributed by atoms with Crippen LogP contribution in [0.1, 0.15) is 111 Å². The van der Waals surface area contributed by atoms with Crippen LogP contribution in [-0.4, -0.2) is 30.9 Å². The van der Waals surface area contributed by atoms with Crippen molar-refractivity contribution < 1.29 is 24.1 Å². The number of unbranched alkanes of at least 4 members (excludes halogenated alkanes) is 2. The van der Waals surface area contributed by atoms with Gasteiger partial charge in [-0.1, -0.05) is 38.3 Å². The molecule has 0 bridgehead atoms. The molecule has 4 atom stereocenters. The number of aryl methyl sites for hydroxylation is 1. The number of hydrogen-bond donors (Lipinski definition) is 1. The van der Waals surface area contributed by atoms with Crippen molar-refractivity contribution in [2.75, 3.05) is 13.2 Å². The molecule has 0 heterocycles. The summed E-state index contributed by atoms with van der Waals surface area (Å²) in [7, 11) is 0. The van der Waals surface area contributed by atoms with Crippen molar-refractivity contribution in [3.8, 4) is 11.5 Å². The molecule has 0 spiro atoms. The van der Waals surface area contributed by atoms with Crippen molar-refractivity contribution in [2.24, 2.45) is 5.92 Å². The highest BCUT2D eigenvalue weighted by Gasteiger charge is 2.25. The van der Waals surface area contributed by atoms with E-state index in [0.717, 1.165) is 37.7 Å². The van der Waals surface area contributed by atoms with Gasteiger partial charge in [-0.3, -0.25) is 0 Å². The molecule has 1 aromatic rings. The molecule has 34 heavy (non-hydrogen) atoms. The molecule has 0 saturated carbocycles. The van der Waals surface area contributed by atoms with E-state index >= 15 is 0 Å². The van der Waals surface area contributed by atoms with Crippen LogP contribution in [0.15, 0.2) is 23.8 Å². The highest BCUT2D eigenvalue weighted by molar-refractivity contribution is 5.50. The van der Waals surface area contributed by atoms with Gasteiger partial charge in [0.1, 0.15) is 11.5 Å². The molecular formula is C29H50O5. The Morgan fingerprint density at radius 2 is 1.47 bits per heavy atom. The molecule has 1 aromatic carbocycles. The van der Waals surface area contributed by atoms with E-state index in [2.05, 4.69) is 45.9 Å². The van der Waals surface area contributed by atoms with E-state index in [4.69, 9.17) is 18.9 Å². The first-order valence-electron chi connectivity index (χ1n) is 13.3. The fraction of sp³-hybridized carbons (Fsp3) is 0.724. The highest BCUT2D eigenvalue weighted by atomic mass is 16.7. The first-order valence-corrected chi connectivity index (χ1v) is 13.3. The molecule has 5 heteroatoms. The summed E-state index contributed by atoms with van der Waals surface area (Å²) < 4.78 is 23.8. The fourth-order valence-corrected chi connectivity index (χ4v) is 4.07. The first-order chi connectivity index (χ1) is 16.2. The Kier molecular flexibility index (Phi) is 15.2. The van der Waals surface area contributed by atoms with Crippen LogP contribution in [0.5, 0.6) is 11.5 Å². The van der Waals surface area contributed by atoms with Crippen LogP contribution < -0.4 is 9.47 Å². The van der Waals surface area contributed by atoms with Gasteiger partial charge < -0.3 is 24.1 Å². The Hall–Kier alpha value is -1.56. The average Bonchev–Trinajstić information content (AvgIpc) is 2.73. The molecular weight excluding hydrogens is 428 g/mol. The maximum absolute atomic E-state index is 11.4. The molecule has 0 aliphatic rings. The zero-order chi connectivity index (χ0) is 25.5. The van der Waals surface area contributed by atoms with Crippen LogP contribution in [0.4, 0.5) is 0 Å². The van der Waals surface area contributed by atoms with Crippen LogP contribution in [-0.2, 0) is 15.9 Å². The third-order valence-electron chi connectivity index (χ3n) is 5.79. The normalized spacial score (nSPS) is 14.9. The molecule has 0 aromatic heterocycles. The van der Waals surface area contributed by atoms with Gasteiger partial charge in [0.2, 0.25) is 0 Å². The van der Waals surface area contributed by atoms with E-state index in [0.29, 0.717) is 42.6 Å². The van der Waals surface area contributed by atoms with E-state index < -0.39 is 18.7 Å². The second-order valence-electron chi connectivity index (χ2n) is 9.46. The third-order valence-corrected chi connectivity index (χ3v) is 5.79. The SMILES string of the molecule is CCCCCc1cc(OC(C)OCC)c(C(O)C[C@H](C)CCC=C(C)C)c(OC(C)OCC)c1. The largest absolute Gasteiger partial charge is 0.465 e. The number of allylic oxidation sites excluding steroid dienone is 2. The molecule has 1 rings (SSSR count). The molecule has 0 amide bonds. The molecule has 0 fully saturated rings. The standard InChI is InChI=1S/C29H50O5/c1-9-12-13-17-25-19-27(33-23(7)31-10-2)29(28(20-25)34-24(8)32-11-3)26(30)18-22(6)16-14-15-21(4)5/h15,19-20,22-24,26,30H,9-14,16-18H2,1-8H3/t22-,23?,24?,26?/m1/s1. The van der Waals surface area contributed by atoms with Crippen molar-refractivity contribution in [3.05, 3.63) is 34.9 Å². The summed E-state index contributed by atoms with van der Waals surface area (Å²) >= 11 is 0. The second kappa shape index (κ2) is 17.0. The third kappa shape index (κ3) is 11.7. The van der Waals surface area contributed by atoms with Gasteiger partial charge in [0, 0.05) is 13.2 Å². The number of aliphatic hydroxyl groups is 1. The Balaban J connectivity index is 3.31. The lowest BCUT2D eigenvalue weighted by Gasteiger charge is -2.26. The summed E-state index contributed by atoms with van der Waals surface area (Å²) in [4.78, 5) is 0. The van der Waals surface area contributed by atoms with Crippen molar-refractivity contribution in [2.45, 2.75) is 119 Å². The van der Waals surface area contributed by atoms with Crippen LogP contribution in [0.25, 0.3) is 0 Å². The van der Waals surface area contributed by atoms with E-state index in [1.807, 2.05) is 27.7 Å². The topological polar surface area (TPSA) is 57.2 Å². The summed E-state index contributed by atoms with van der Waals surface area (Å²) in [5.41, 5.74) is 3.15. The monoisotopic (exact) mass is 478 g/mol. The van der Waals surface area contributed by atoms with Crippen molar-refractivity contribution >= 4 is 0 Å². The number of benzene rings is 1. The van der Waals surface area contributed by atoms with Gasteiger partial charge in [0.05, 0.1) is 11.7 Å². The van der Waals surface area contributed by atoms with Gasteiger partial charge in [-0.15, -0.1) is 0 Å². The summed E-state index contributed by atoms with van der Waals surface area (Å²) in [5, 5.41) is 11.4. The summed E-state index contributed by atoms with van der Waals surface area (Å²) in [6.07, 6.45) is 7.73. The Morgan fingerprint density at radius 1 is 0.912 bits per heavy atom. The lowest BCUT2D eigenvalue weighted by Crippen LogP contribution is -2.21. The van der Waals surface area contributed by atoms with Gasteiger partial charge >= 0.3 is 0 Å². The smallest absolute Gasteiger partial charge is 0.196 e. The van der Waals surface area contributed by atoms with Crippen LogP contribution in [0.3, 0.4) is 0 Å². The van der Waals surface area contributed by atoms with Crippen LogP contribution in [0.2, 0.25) is 0 Å². The van der Waals surface area contributed by atoms with E-state index in [1.165, 1.54) is 12.0 Å². The Labute approximate surface area is 208 Å². The maximum Gasteiger partial charge on any atom is 0.196 e. The van der Waals surface area contributed by atoms with Crippen molar-refractivity contribution in [1.29, 1.82) is 0 Å². The van der Waals surface area contributed by atoms with Gasteiger partial charge in [-0.2, -0.15) is 0 Å². The Bertz CT molecular complexity index is 675.